The van der Waals surface area contributed by atoms with Crippen LogP contribution in [-0.2, 0) is 10.0 Å². The summed E-state index contributed by atoms with van der Waals surface area (Å²) in [6.45, 7) is 5.86. The van der Waals surface area contributed by atoms with Gasteiger partial charge in [0, 0.05) is 12.6 Å². The van der Waals surface area contributed by atoms with Gasteiger partial charge in [-0.05, 0) is 52.4 Å². The van der Waals surface area contributed by atoms with Crippen molar-refractivity contribution in [3.05, 3.63) is 0 Å². The van der Waals surface area contributed by atoms with Crippen LogP contribution in [0.15, 0.2) is 0 Å². The summed E-state index contributed by atoms with van der Waals surface area (Å²) in [6, 6.07) is 0.109. The minimum atomic E-state index is -3.09. The van der Waals surface area contributed by atoms with E-state index in [-0.39, 0.29) is 11.8 Å². The van der Waals surface area contributed by atoms with Gasteiger partial charge in [0.15, 0.2) is 0 Å². The highest BCUT2D eigenvalue weighted by Gasteiger charge is 2.23. The third kappa shape index (κ3) is 6.68. The third-order valence-corrected chi connectivity index (χ3v) is 4.70. The van der Waals surface area contributed by atoms with E-state index in [2.05, 4.69) is 21.9 Å². The molecule has 5 nitrogen and oxygen atoms in total. The Labute approximate surface area is 111 Å². The van der Waals surface area contributed by atoms with E-state index >= 15 is 0 Å². The van der Waals surface area contributed by atoms with Crippen molar-refractivity contribution < 1.29 is 8.42 Å². The number of hydrogen-bond acceptors (Lipinski definition) is 4. The lowest BCUT2D eigenvalue weighted by Gasteiger charge is -2.13. The topological polar surface area (TPSA) is 61.4 Å². The first-order valence-electron chi connectivity index (χ1n) is 6.93. The van der Waals surface area contributed by atoms with Gasteiger partial charge in [-0.2, -0.15) is 0 Å². The smallest absolute Gasteiger partial charge is 0.211 e. The van der Waals surface area contributed by atoms with Gasteiger partial charge in [-0.1, -0.05) is 6.92 Å². The van der Waals surface area contributed by atoms with Crippen molar-refractivity contribution in [3.8, 4) is 0 Å². The molecule has 1 heterocycles. The zero-order valence-corrected chi connectivity index (χ0v) is 12.4. The number of likely N-dealkylation sites (tertiary alicyclic amines) is 1. The van der Waals surface area contributed by atoms with E-state index in [1.807, 2.05) is 7.05 Å². The average molecular weight is 277 g/mol. The Morgan fingerprint density at radius 3 is 2.67 bits per heavy atom. The molecule has 0 amide bonds. The van der Waals surface area contributed by atoms with Crippen LogP contribution in [0.25, 0.3) is 0 Å². The Morgan fingerprint density at radius 1 is 1.28 bits per heavy atom. The highest BCUT2D eigenvalue weighted by atomic mass is 32.2. The first kappa shape index (κ1) is 15.9. The Balaban J connectivity index is 2.12. The van der Waals surface area contributed by atoms with Gasteiger partial charge in [-0.3, -0.25) is 0 Å². The Kier molecular flexibility index (Phi) is 7.14. The maximum atomic E-state index is 11.8. The lowest BCUT2D eigenvalue weighted by Crippen LogP contribution is -2.38. The van der Waals surface area contributed by atoms with E-state index in [4.69, 9.17) is 0 Å². The van der Waals surface area contributed by atoms with Crippen LogP contribution in [0.3, 0.4) is 0 Å². The SMILES string of the molecule is CCCNCCCCS(=O)(=O)NC1CCN(C)C1. The second-order valence-electron chi connectivity index (χ2n) is 5.14. The molecule has 0 aromatic carbocycles. The standard InChI is InChI=1S/C12H27N3O2S/c1-3-7-13-8-4-5-10-18(16,17)14-12-6-9-15(2)11-12/h12-14H,3-11H2,1-2H3. The third-order valence-electron chi connectivity index (χ3n) is 3.18. The van der Waals surface area contributed by atoms with Crippen LogP contribution in [0.4, 0.5) is 0 Å². The molecule has 1 saturated heterocycles. The number of nitrogens with one attached hydrogen (secondary N) is 2. The van der Waals surface area contributed by atoms with E-state index in [0.717, 1.165) is 51.9 Å². The van der Waals surface area contributed by atoms with Crippen LogP contribution in [0.1, 0.15) is 32.6 Å². The predicted octanol–water partition coefficient (Wildman–Crippen LogP) is 0.390. The highest BCUT2D eigenvalue weighted by molar-refractivity contribution is 7.89. The van der Waals surface area contributed by atoms with E-state index in [0.29, 0.717) is 0 Å². The van der Waals surface area contributed by atoms with Crippen molar-refractivity contribution in [2.75, 3.05) is 39.0 Å². The summed E-state index contributed by atoms with van der Waals surface area (Å²) in [5, 5.41) is 3.28. The van der Waals surface area contributed by atoms with Crippen LogP contribution in [0.2, 0.25) is 0 Å². The van der Waals surface area contributed by atoms with Crippen LogP contribution >= 0.6 is 0 Å². The highest BCUT2D eigenvalue weighted by Crippen LogP contribution is 2.08. The molecule has 108 valence electrons. The molecule has 0 radical (unpaired) electrons. The number of rotatable bonds is 9. The second-order valence-corrected chi connectivity index (χ2v) is 7.02. The van der Waals surface area contributed by atoms with Gasteiger partial charge in [-0.25, -0.2) is 13.1 Å². The zero-order valence-electron chi connectivity index (χ0n) is 11.6. The van der Waals surface area contributed by atoms with Crippen molar-refractivity contribution in [2.45, 2.75) is 38.6 Å². The summed E-state index contributed by atoms with van der Waals surface area (Å²) in [5.74, 6) is 0.251. The minimum absolute atomic E-state index is 0.109. The van der Waals surface area contributed by atoms with E-state index in [9.17, 15) is 8.42 Å². The Bertz CT molecular complexity index is 319. The number of likely N-dealkylation sites (N-methyl/N-ethyl adjacent to an activating group) is 1. The van der Waals surface area contributed by atoms with Crippen molar-refractivity contribution in [2.24, 2.45) is 0 Å². The molecule has 0 spiro atoms. The summed E-state index contributed by atoms with van der Waals surface area (Å²) in [4.78, 5) is 2.15. The fourth-order valence-corrected chi connectivity index (χ4v) is 3.59. The number of hydrogen-bond donors (Lipinski definition) is 2. The molecule has 0 aliphatic carbocycles. The van der Waals surface area contributed by atoms with Crippen LogP contribution < -0.4 is 10.0 Å². The van der Waals surface area contributed by atoms with Crippen LogP contribution in [0, 0.1) is 0 Å². The summed E-state index contributed by atoms with van der Waals surface area (Å²) in [5.41, 5.74) is 0. The normalized spacial score (nSPS) is 21.6. The van der Waals surface area contributed by atoms with Crippen molar-refractivity contribution in [3.63, 3.8) is 0 Å². The predicted molar refractivity (Wildman–Crippen MR) is 75.2 cm³/mol. The van der Waals surface area contributed by atoms with Gasteiger partial charge >= 0.3 is 0 Å². The molecule has 0 aromatic heterocycles. The summed E-state index contributed by atoms with van der Waals surface area (Å²) in [7, 11) is -1.06. The van der Waals surface area contributed by atoms with Crippen molar-refractivity contribution >= 4 is 10.0 Å². The van der Waals surface area contributed by atoms with Gasteiger partial charge in [0.1, 0.15) is 0 Å². The van der Waals surface area contributed by atoms with E-state index in [1.165, 1.54) is 0 Å². The number of sulfonamides is 1. The molecule has 1 rings (SSSR count). The molecule has 18 heavy (non-hydrogen) atoms. The quantitative estimate of drug-likeness (QED) is 0.599. The van der Waals surface area contributed by atoms with E-state index < -0.39 is 10.0 Å². The molecule has 1 aliphatic rings. The number of nitrogens with zero attached hydrogens (tertiary/aromatic N) is 1. The summed E-state index contributed by atoms with van der Waals surface area (Å²) in [6.07, 6.45) is 3.70. The molecule has 0 bridgehead atoms. The zero-order chi connectivity index (χ0) is 13.4. The summed E-state index contributed by atoms with van der Waals surface area (Å²) < 4.78 is 26.5. The molecule has 2 N–H and O–H groups in total. The average Bonchev–Trinajstić information content (AvgIpc) is 2.68. The first-order valence-corrected chi connectivity index (χ1v) is 8.58. The fraction of sp³-hybridized carbons (Fsp3) is 1.00. The Morgan fingerprint density at radius 2 is 2.06 bits per heavy atom. The van der Waals surface area contributed by atoms with Crippen molar-refractivity contribution in [1.82, 2.24) is 14.9 Å². The van der Waals surface area contributed by atoms with Gasteiger partial charge in [0.2, 0.25) is 10.0 Å². The maximum absolute atomic E-state index is 11.8. The van der Waals surface area contributed by atoms with Gasteiger partial charge in [0.05, 0.1) is 5.75 Å². The minimum Gasteiger partial charge on any atom is -0.317 e. The molecule has 1 fully saturated rings. The molecule has 1 unspecified atom stereocenters. The lowest BCUT2D eigenvalue weighted by molar-refractivity contribution is 0.407. The maximum Gasteiger partial charge on any atom is 0.211 e. The number of unbranched alkanes of at least 4 members (excludes halogenated alkanes) is 1. The summed E-state index contributed by atoms with van der Waals surface area (Å²) >= 11 is 0. The monoisotopic (exact) mass is 277 g/mol. The lowest BCUT2D eigenvalue weighted by atomic mass is 10.3. The van der Waals surface area contributed by atoms with Crippen LogP contribution in [0.5, 0.6) is 0 Å². The largest absolute Gasteiger partial charge is 0.317 e. The molecule has 0 saturated carbocycles. The molecule has 1 atom stereocenters. The second kappa shape index (κ2) is 8.09. The van der Waals surface area contributed by atoms with Crippen LogP contribution in [-0.4, -0.2) is 58.3 Å². The molecule has 1 aliphatic heterocycles. The first-order chi connectivity index (χ1) is 8.53. The van der Waals surface area contributed by atoms with Crippen molar-refractivity contribution in [1.29, 1.82) is 0 Å². The van der Waals surface area contributed by atoms with E-state index in [1.54, 1.807) is 0 Å². The molecular formula is C12H27N3O2S. The van der Waals surface area contributed by atoms with Gasteiger partial charge < -0.3 is 10.2 Å². The molecular weight excluding hydrogens is 250 g/mol. The molecule has 6 heteroatoms. The Hall–Kier alpha value is -0.170. The van der Waals surface area contributed by atoms with Gasteiger partial charge in [0.25, 0.3) is 0 Å². The van der Waals surface area contributed by atoms with Gasteiger partial charge in [-0.15, -0.1) is 0 Å². The fourth-order valence-electron chi connectivity index (χ4n) is 2.19. The molecule has 0 aromatic rings.